The maximum absolute atomic E-state index is 13.2. The summed E-state index contributed by atoms with van der Waals surface area (Å²) in [5.41, 5.74) is 8.76. The molecule has 138 valence electrons. The Bertz CT molecular complexity index is 741. The molecule has 1 saturated heterocycles. The molecule has 2 aromatic rings. The first-order valence-corrected chi connectivity index (χ1v) is 9.14. The standard InChI is InChI=1S/C21H26FN3O/c1-24(20(21(23)26)16-9-11-18(22)12-10-16)15-17-7-3-4-8-19(17)25-13-5-2-6-14-25/h3-4,7-12,20H,2,5-6,13-15H2,1H3,(H2,23,26). The number of anilines is 1. The molecule has 0 aromatic heterocycles. The van der Waals surface area contributed by atoms with Gasteiger partial charge in [-0.1, -0.05) is 30.3 Å². The second-order valence-corrected chi connectivity index (χ2v) is 6.95. The Labute approximate surface area is 154 Å². The van der Waals surface area contributed by atoms with E-state index in [2.05, 4.69) is 23.1 Å². The number of hydrogen-bond acceptors (Lipinski definition) is 3. The fourth-order valence-electron chi connectivity index (χ4n) is 3.73. The van der Waals surface area contributed by atoms with E-state index in [4.69, 9.17) is 5.73 Å². The summed E-state index contributed by atoms with van der Waals surface area (Å²) < 4.78 is 13.2. The molecular weight excluding hydrogens is 329 g/mol. The Balaban J connectivity index is 1.82. The smallest absolute Gasteiger partial charge is 0.239 e. The third-order valence-electron chi connectivity index (χ3n) is 5.00. The molecule has 0 bridgehead atoms. The van der Waals surface area contributed by atoms with Gasteiger partial charge in [0.1, 0.15) is 11.9 Å². The first kappa shape index (κ1) is 18.4. The van der Waals surface area contributed by atoms with E-state index in [1.165, 1.54) is 42.6 Å². The zero-order valence-electron chi connectivity index (χ0n) is 15.2. The van der Waals surface area contributed by atoms with Crippen molar-refractivity contribution in [3.63, 3.8) is 0 Å². The van der Waals surface area contributed by atoms with E-state index in [0.29, 0.717) is 12.1 Å². The van der Waals surface area contributed by atoms with Gasteiger partial charge in [-0.2, -0.15) is 0 Å². The number of carbonyl (C=O) groups excluding carboxylic acids is 1. The molecule has 26 heavy (non-hydrogen) atoms. The van der Waals surface area contributed by atoms with Gasteiger partial charge in [0.2, 0.25) is 5.91 Å². The van der Waals surface area contributed by atoms with Crippen molar-refractivity contribution in [3.05, 3.63) is 65.5 Å². The van der Waals surface area contributed by atoms with Crippen LogP contribution in [0.1, 0.15) is 36.4 Å². The van der Waals surface area contributed by atoms with E-state index in [0.717, 1.165) is 13.1 Å². The highest BCUT2D eigenvalue weighted by molar-refractivity contribution is 5.81. The van der Waals surface area contributed by atoms with Crippen LogP contribution in [0.2, 0.25) is 0 Å². The Kier molecular flexibility index (Phi) is 5.89. The van der Waals surface area contributed by atoms with E-state index in [1.807, 2.05) is 18.0 Å². The Hall–Kier alpha value is -2.40. The second kappa shape index (κ2) is 8.32. The van der Waals surface area contributed by atoms with Gasteiger partial charge in [-0.3, -0.25) is 9.69 Å². The lowest BCUT2D eigenvalue weighted by atomic mass is 10.0. The Morgan fingerprint density at radius 3 is 2.42 bits per heavy atom. The SMILES string of the molecule is CN(Cc1ccccc1N1CCCCC1)C(C(N)=O)c1ccc(F)cc1. The summed E-state index contributed by atoms with van der Waals surface area (Å²) in [5.74, 6) is -0.760. The average Bonchev–Trinajstić information content (AvgIpc) is 2.64. The lowest BCUT2D eigenvalue weighted by molar-refractivity contribution is -0.123. The van der Waals surface area contributed by atoms with Crippen molar-refractivity contribution in [1.29, 1.82) is 0 Å². The molecule has 0 spiro atoms. The largest absolute Gasteiger partial charge is 0.371 e. The van der Waals surface area contributed by atoms with Gasteiger partial charge >= 0.3 is 0 Å². The number of nitrogens with two attached hydrogens (primary N) is 1. The fraction of sp³-hybridized carbons (Fsp3) is 0.381. The predicted molar refractivity (Wildman–Crippen MR) is 102 cm³/mol. The van der Waals surface area contributed by atoms with Crippen molar-refractivity contribution >= 4 is 11.6 Å². The van der Waals surface area contributed by atoms with E-state index in [-0.39, 0.29) is 5.82 Å². The molecule has 1 aliphatic rings. The number of hydrogen-bond donors (Lipinski definition) is 1. The van der Waals surface area contributed by atoms with Gasteiger partial charge in [0.15, 0.2) is 0 Å². The van der Waals surface area contributed by atoms with Crippen LogP contribution in [-0.4, -0.2) is 30.9 Å². The minimum atomic E-state index is -0.593. The molecule has 1 atom stereocenters. The molecule has 1 aliphatic heterocycles. The van der Waals surface area contributed by atoms with E-state index in [1.54, 1.807) is 12.1 Å². The van der Waals surface area contributed by atoms with E-state index in [9.17, 15) is 9.18 Å². The number of rotatable bonds is 6. The summed E-state index contributed by atoms with van der Waals surface area (Å²) in [7, 11) is 1.88. The van der Waals surface area contributed by atoms with Crippen LogP contribution >= 0.6 is 0 Å². The van der Waals surface area contributed by atoms with Gasteiger partial charge in [0.25, 0.3) is 0 Å². The molecule has 2 N–H and O–H groups in total. The molecule has 4 nitrogen and oxygen atoms in total. The van der Waals surface area contributed by atoms with Crippen molar-refractivity contribution in [2.45, 2.75) is 31.8 Å². The van der Waals surface area contributed by atoms with Crippen molar-refractivity contribution < 1.29 is 9.18 Å². The minimum absolute atomic E-state index is 0.324. The van der Waals surface area contributed by atoms with Gasteiger partial charge in [-0.05, 0) is 55.6 Å². The van der Waals surface area contributed by atoms with Crippen LogP contribution in [0, 0.1) is 5.82 Å². The highest BCUT2D eigenvalue weighted by Gasteiger charge is 2.24. The maximum atomic E-state index is 13.2. The molecule has 5 heteroatoms. The summed E-state index contributed by atoms with van der Waals surface area (Å²) in [6, 6.07) is 13.7. The number of nitrogens with zero attached hydrogens (tertiary/aromatic N) is 2. The average molecular weight is 355 g/mol. The van der Waals surface area contributed by atoms with Crippen LogP contribution in [0.15, 0.2) is 48.5 Å². The molecule has 1 fully saturated rings. The van der Waals surface area contributed by atoms with Crippen molar-refractivity contribution in [1.82, 2.24) is 4.90 Å². The Morgan fingerprint density at radius 2 is 1.77 bits per heavy atom. The number of piperidine rings is 1. The zero-order chi connectivity index (χ0) is 18.5. The van der Waals surface area contributed by atoms with Crippen LogP contribution in [-0.2, 0) is 11.3 Å². The number of carbonyl (C=O) groups is 1. The number of primary amides is 1. The Morgan fingerprint density at radius 1 is 1.12 bits per heavy atom. The first-order chi connectivity index (χ1) is 12.6. The number of halogens is 1. The summed E-state index contributed by atoms with van der Waals surface area (Å²) in [6.45, 7) is 2.73. The number of amides is 1. The number of benzene rings is 2. The van der Waals surface area contributed by atoms with E-state index >= 15 is 0 Å². The molecule has 0 aliphatic carbocycles. The molecule has 2 aromatic carbocycles. The summed E-state index contributed by atoms with van der Waals surface area (Å²) in [4.78, 5) is 16.4. The molecular formula is C21H26FN3O. The quantitative estimate of drug-likeness (QED) is 0.863. The number of para-hydroxylation sites is 1. The third kappa shape index (κ3) is 4.22. The van der Waals surface area contributed by atoms with Crippen molar-refractivity contribution in [2.75, 3.05) is 25.0 Å². The summed E-state index contributed by atoms with van der Waals surface area (Å²) >= 11 is 0. The zero-order valence-corrected chi connectivity index (χ0v) is 15.2. The summed E-state index contributed by atoms with van der Waals surface area (Å²) in [5, 5.41) is 0. The van der Waals surface area contributed by atoms with Crippen LogP contribution in [0.5, 0.6) is 0 Å². The lowest BCUT2D eigenvalue weighted by Crippen LogP contribution is -2.36. The molecule has 0 saturated carbocycles. The van der Waals surface area contributed by atoms with Crippen molar-refractivity contribution in [3.8, 4) is 0 Å². The molecule has 0 radical (unpaired) electrons. The fourth-order valence-corrected chi connectivity index (χ4v) is 3.73. The van der Waals surface area contributed by atoms with Gasteiger partial charge in [0, 0.05) is 25.3 Å². The predicted octanol–water partition coefficient (Wildman–Crippen LogP) is 3.47. The van der Waals surface area contributed by atoms with Gasteiger partial charge in [0.05, 0.1) is 0 Å². The third-order valence-corrected chi connectivity index (χ3v) is 5.00. The van der Waals surface area contributed by atoms with Gasteiger partial charge in [-0.15, -0.1) is 0 Å². The highest BCUT2D eigenvalue weighted by Crippen LogP contribution is 2.28. The monoisotopic (exact) mass is 355 g/mol. The maximum Gasteiger partial charge on any atom is 0.239 e. The van der Waals surface area contributed by atoms with Crippen LogP contribution in [0.3, 0.4) is 0 Å². The van der Waals surface area contributed by atoms with Crippen LogP contribution in [0.25, 0.3) is 0 Å². The van der Waals surface area contributed by atoms with E-state index < -0.39 is 11.9 Å². The topological polar surface area (TPSA) is 49.6 Å². The van der Waals surface area contributed by atoms with Gasteiger partial charge in [-0.25, -0.2) is 4.39 Å². The highest BCUT2D eigenvalue weighted by atomic mass is 19.1. The normalized spacial score (nSPS) is 15.9. The van der Waals surface area contributed by atoms with Crippen LogP contribution < -0.4 is 10.6 Å². The minimum Gasteiger partial charge on any atom is -0.371 e. The second-order valence-electron chi connectivity index (χ2n) is 6.95. The molecule has 3 rings (SSSR count). The molecule has 1 unspecified atom stereocenters. The lowest BCUT2D eigenvalue weighted by Gasteiger charge is -2.32. The first-order valence-electron chi connectivity index (χ1n) is 9.14. The van der Waals surface area contributed by atoms with Crippen molar-refractivity contribution in [2.24, 2.45) is 5.73 Å². The van der Waals surface area contributed by atoms with Crippen LogP contribution in [0.4, 0.5) is 10.1 Å². The molecule has 1 heterocycles. The van der Waals surface area contributed by atoms with Gasteiger partial charge < -0.3 is 10.6 Å². The molecule has 1 amide bonds. The number of likely N-dealkylation sites (N-methyl/N-ethyl adjacent to an activating group) is 1. The summed E-state index contributed by atoms with van der Waals surface area (Å²) in [6.07, 6.45) is 3.71.